The topological polar surface area (TPSA) is 15.6 Å². The maximum Gasteiger partial charge on any atom is 0.102 e. The predicted molar refractivity (Wildman–Crippen MR) is 74.1 cm³/mol. The van der Waals surface area contributed by atoms with E-state index >= 15 is 0 Å². The van der Waals surface area contributed by atoms with Crippen molar-refractivity contribution in [2.45, 2.75) is 52.5 Å². The normalized spacial score (nSPS) is 24.8. The van der Waals surface area contributed by atoms with Crippen molar-refractivity contribution in [3.63, 3.8) is 0 Å². The van der Waals surface area contributed by atoms with E-state index in [-0.39, 0.29) is 0 Å². The first-order valence-electron chi connectivity index (χ1n) is 6.88. The van der Waals surface area contributed by atoms with Gasteiger partial charge in [-0.15, -0.1) is 0 Å². The van der Waals surface area contributed by atoms with Gasteiger partial charge in [0.1, 0.15) is 5.84 Å². The molecule has 1 aliphatic heterocycles. The number of allylic oxidation sites excluding steroid dienone is 3. The lowest BCUT2D eigenvalue weighted by Gasteiger charge is -2.28. The molecule has 1 unspecified atom stereocenters. The van der Waals surface area contributed by atoms with Crippen molar-refractivity contribution in [1.82, 2.24) is 4.90 Å². The van der Waals surface area contributed by atoms with Gasteiger partial charge in [-0.1, -0.05) is 31.9 Å². The lowest BCUT2D eigenvalue weighted by atomic mass is 10.1. The number of hydrogen-bond acceptors (Lipinski definition) is 2. The fourth-order valence-electron chi connectivity index (χ4n) is 2.54. The highest BCUT2D eigenvalue weighted by Gasteiger charge is 2.30. The second-order valence-electron chi connectivity index (χ2n) is 5.21. The van der Waals surface area contributed by atoms with Gasteiger partial charge in [0.2, 0.25) is 0 Å². The lowest BCUT2D eigenvalue weighted by Crippen LogP contribution is -2.36. The first kappa shape index (κ1) is 12.4. The molecular formula is C15H24N2. The van der Waals surface area contributed by atoms with Gasteiger partial charge in [0.05, 0.1) is 12.2 Å². The second kappa shape index (κ2) is 5.52. The van der Waals surface area contributed by atoms with Gasteiger partial charge in [0, 0.05) is 6.04 Å². The van der Waals surface area contributed by atoms with E-state index in [1.165, 1.54) is 37.2 Å². The van der Waals surface area contributed by atoms with Crippen LogP contribution in [0.3, 0.4) is 0 Å². The minimum absolute atomic E-state index is 0.697. The highest BCUT2D eigenvalue weighted by Crippen LogP contribution is 2.36. The lowest BCUT2D eigenvalue weighted by molar-refractivity contribution is 0.304. The fraction of sp³-hybridized carbons (Fsp3) is 0.667. The Morgan fingerprint density at radius 3 is 2.82 bits per heavy atom. The molecule has 0 aromatic heterocycles. The maximum absolute atomic E-state index is 4.66. The van der Waals surface area contributed by atoms with Crippen LogP contribution in [0.15, 0.2) is 28.9 Å². The molecule has 0 aromatic carbocycles. The van der Waals surface area contributed by atoms with Crippen LogP contribution in [0.5, 0.6) is 0 Å². The van der Waals surface area contributed by atoms with Gasteiger partial charge >= 0.3 is 0 Å². The Morgan fingerprint density at radius 2 is 2.24 bits per heavy atom. The van der Waals surface area contributed by atoms with Crippen molar-refractivity contribution in [2.75, 3.05) is 6.54 Å². The van der Waals surface area contributed by atoms with E-state index in [1.807, 2.05) is 6.92 Å². The Labute approximate surface area is 105 Å². The Hall–Kier alpha value is -1.05. The standard InChI is InChI=1S/C15H24N2/c1-4-6-7-14-11-17(12(3)16-14)15(5-2)10-13-8-9-13/h4,6-7,13,15H,5,8-11H2,1-3H3/b6-4-,14-7+. The first-order chi connectivity index (χ1) is 8.24. The third kappa shape index (κ3) is 3.21. The van der Waals surface area contributed by atoms with Crippen LogP contribution < -0.4 is 0 Å². The van der Waals surface area contributed by atoms with Gasteiger partial charge in [-0.3, -0.25) is 0 Å². The summed E-state index contributed by atoms with van der Waals surface area (Å²) in [5.74, 6) is 2.20. The highest BCUT2D eigenvalue weighted by atomic mass is 15.3. The summed E-state index contributed by atoms with van der Waals surface area (Å²) in [5, 5.41) is 0. The van der Waals surface area contributed by atoms with Gasteiger partial charge < -0.3 is 4.90 Å². The average molecular weight is 232 g/mol. The quantitative estimate of drug-likeness (QED) is 0.704. The molecular weight excluding hydrogens is 208 g/mol. The van der Waals surface area contributed by atoms with E-state index in [9.17, 15) is 0 Å². The minimum Gasteiger partial charge on any atom is -0.351 e. The van der Waals surface area contributed by atoms with E-state index in [1.54, 1.807) is 0 Å². The van der Waals surface area contributed by atoms with Gasteiger partial charge in [0.15, 0.2) is 0 Å². The molecule has 17 heavy (non-hydrogen) atoms. The number of amidine groups is 1. The Balaban J connectivity index is 1.99. The van der Waals surface area contributed by atoms with Gasteiger partial charge in [-0.25, -0.2) is 4.99 Å². The molecule has 0 aromatic rings. The molecule has 1 saturated carbocycles. The fourth-order valence-corrected chi connectivity index (χ4v) is 2.54. The molecule has 94 valence electrons. The number of nitrogens with zero attached hydrogens (tertiary/aromatic N) is 2. The predicted octanol–water partition coefficient (Wildman–Crippen LogP) is 3.76. The smallest absolute Gasteiger partial charge is 0.102 e. The number of hydrogen-bond donors (Lipinski definition) is 0. The SMILES string of the molecule is C/C=C\C=C1/CN(C(CC)CC2CC2)C(C)=N1. The molecule has 0 amide bonds. The average Bonchev–Trinajstić information content (AvgIpc) is 3.07. The van der Waals surface area contributed by atoms with Crippen molar-refractivity contribution in [3.8, 4) is 0 Å². The van der Waals surface area contributed by atoms with Crippen LogP contribution >= 0.6 is 0 Å². The molecule has 2 aliphatic rings. The summed E-state index contributed by atoms with van der Waals surface area (Å²) in [6.45, 7) is 7.49. The third-order valence-electron chi connectivity index (χ3n) is 3.75. The molecule has 0 N–H and O–H groups in total. The molecule has 2 rings (SSSR count). The van der Waals surface area contributed by atoms with Crippen LogP contribution in [0, 0.1) is 5.92 Å². The maximum atomic E-state index is 4.66. The summed E-state index contributed by atoms with van der Waals surface area (Å²) in [6.07, 6.45) is 11.8. The molecule has 1 heterocycles. The molecule has 0 bridgehead atoms. The molecule has 2 heteroatoms. The molecule has 1 atom stereocenters. The molecule has 0 saturated heterocycles. The van der Waals surface area contributed by atoms with Crippen LogP contribution in [0.25, 0.3) is 0 Å². The second-order valence-corrected chi connectivity index (χ2v) is 5.21. The van der Waals surface area contributed by atoms with Gasteiger partial charge in [0.25, 0.3) is 0 Å². The molecule has 2 nitrogen and oxygen atoms in total. The summed E-state index contributed by atoms with van der Waals surface area (Å²) in [4.78, 5) is 7.15. The van der Waals surface area contributed by atoms with Crippen LogP contribution in [0.4, 0.5) is 0 Å². The molecule has 1 fully saturated rings. The number of rotatable bonds is 5. The largest absolute Gasteiger partial charge is 0.351 e. The Bertz CT molecular complexity index is 348. The summed E-state index contributed by atoms with van der Waals surface area (Å²) in [5.41, 5.74) is 1.20. The van der Waals surface area contributed by atoms with Crippen LogP contribution in [0.1, 0.15) is 46.5 Å². The first-order valence-corrected chi connectivity index (χ1v) is 6.88. The Morgan fingerprint density at radius 1 is 1.47 bits per heavy atom. The van der Waals surface area contributed by atoms with E-state index in [4.69, 9.17) is 0 Å². The van der Waals surface area contributed by atoms with Crippen LogP contribution in [-0.2, 0) is 0 Å². The summed E-state index contributed by atoms with van der Waals surface area (Å²) in [7, 11) is 0. The zero-order chi connectivity index (χ0) is 12.3. The third-order valence-corrected chi connectivity index (χ3v) is 3.75. The van der Waals surface area contributed by atoms with Gasteiger partial charge in [-0.2, -0.15) is 0 Å². The highest BCUT2D eigenvalue weighted by molar-refractivity contribution is 5.83. The minimum atomic E-state index is 0.697. The van der Waals surface area contributed by atoms with Crippen LogP contribution in [0.2, 0.25) is 0 Å². The van der Waals surface area contributed by atoms with E-state index < -0.39 is 0 Å². The zero-order valence-corrected chi connectivity index (χ0v) is 11.3. The summed E-state index contributed by atoms with van der Waals surface area (Å²) >= 11 is 0. The monoisotopic (exact) mass is 232 g/mol. The Kier molecular flexibility index (Phi) is 4.03. The van der Waals surface area contributed by atoms with Crippen molar-refractivity contribution in [1.29, 1.82) is 0 Å². The molecule has 0 radical (unpaired) electrons. The van der Waals surface area contributed by atoms with Crippen LogP contribution in [-0.4, -0.2) is 23.3 Å². The molecule has 1 aliphatic carbocycles. The zero-order valence-electron chi connectivity index (χ0n) is 11.3. The van der Waals surface area contributed by atoms with Crippen molar-refractivity contribution in [3.05, 3.63) is 23.9 Å². The molecule has 0 spiro atoms. The summed E-state index contributed by atoms with van der Waals surface area (Å²) in [6, 6.07) is 0.697. The van der Waals surface area contributed by atoms with Gasteiger partial charge in [-0.05, 0) is 38.7 Å². The van der Waals surface area contributed by atoms with Crippen molar-refractivity contribution in [2.24, 2.45) is 10.9 Å². The van der Waals surface area contributed by atoms with E-state index in [2.05, 4.69) is 42.0 Å². The van der Waals surface area contributed by atoms with E-state index in [0.29, 0.717) is 6.04 Å². The van der Waals surface area contributed by atoms with E-state index in [0.717, 1.165) is 12.5 Å². The van der Waals surface area contributed by atoms with Crippen molar-refractivity contribution < 1.29 is 0 Å². The van der Waals surface area contributed by atoms with Crippen molar-refractivity contribution >= 4 is 5.84 Å². The number of aliphatic imine (C=N–C) groups is 1. The summed E-state index contributed by atoms with van der Waals surface area (Å²) < 4.78 is 0.